The van der Waals surface area contributed by atoms with E-state index in [0.29, 0.717) is 0 Å². The van der Waals surface area contributed by atoms with E-state index in [1.165, 1.54) is 17.7 Å². The minimum absolute atomic E-state index is 0.0490. The Morgan fingerprint density at radius 3 is 2.36 bits per heavy atom. The first-order valence-corrected chi connectivity index (χ1v) is 14.7. The second-order valence-corrected chi connectivity index (χ2v) is 12.3. The number of nitrogens with zero attached hydrogens (tertiary/aromatic N) is 3. The van der Waals surface area contributed by atoms with Gasteiger partial charge in [-0.05, 0) is 80.8 Å². The highest BCUT2D eigenvalue weighted by Gasteiger charge is 2.27. The summed E-state index contributed by atoms with van der Waals surface area (Å²) in [6, 6.07) is 23.9. The van der Waals surface area contributed by atoms with E-state index in [1.54, 1.807) is 18.3 Å². The molecule has 0 radical (unpaired) electrons. The molecule has 0 saturated heterocycles. The molecule has 9 heteroatoms. The minimum Gasteiger partial charge on any atom is -0.318 e. The van der Waals surface area contributed by atoms with Crippen LogP contribution in [0.4, 0.5) is 0 Å². The van der Waals surface area contributed by atoms with E-state index in [0.717, 1.165) is 42.5 Å². The maximum atomic E-state index is 13.4. The van der Waals surface area contributed by atoms with Gasteiger partial charge in [0.1, 0.15) is 0 Å². The van der Waals surface area contributed by atoms with Crippen LogP contribution in [0.1, 0.15) is 33.6 Å². The first kappa shape index (κ1) is 28.5. The number of carbonyl (C=O) groups is 1. The third-order valence-corrected chi connectivity index (χ3v) is 8.78. The summed E-state index contributed by atoms with van der Waals surface area (Å²) in [6.45, 7) is 7.83. The van der Waals surface area contributed by atoms with Crippen LogP contribution in [0, 0.1) is 27.7 Å². The van der Waals surface area contributed by atoms with Crippen molar-refractivity contribution in [1.29, 1.82) is 0 Å². The number of hydrazone groups is 1. The van der Waals surface area contributed by atoms with Gasteiger partial charge in [-0.3, -0.25) is 4.79 Å². The molecule has 4 rings (SSSR count). The molecular formula is C30H31BrN4O3S. The highest BCUT2D eigenvalue weighted by atomic mass is 79.9. The molecule has 0 aliphatic rings. The number of amides is 1. The third kappa shape index (κ3) is 6.73. The molecule has 0 spiro atoms. The Morgan fingerprint density at radius 2 is 1.67 bits per heavy atom. The van der Waals surface area contributed by atoms with Gasteiger partial charge in [-0.25, -0.2) is 13.8 Å². The van der Waals surface area contributed by atoms with Crippen LogP contribution in [0.3, 0.4) is 0 Å². The zero-order valence-corrected chi connectivity index (χ0v) is 24.8. The van der Waals surface area contributed by atoms with Crippen LogP contribution in [-0.2, 0) is 21.4 Å². The van der Waals surface area contributed by atoms with Gasteiger partial charge in [0.2, 0.25) is 10.0 Å². The number of benzene rings is 3. The molecule has 7 nitrogen and oxygen atoms in total. The van der Waals surface area contributed by atoms with Crippen molar-refractivity contribution in [3.63, 3.8) is 0 Å². The topological polar surface area (TPSA) is 83.8 Å². The van der Waals surface area contributed by atoms with Crippen molar-refractivity contribution < 1.29 is 13.2 Å². The molecule has 1 heterocycles. The number of hydrogen-bond acceptors (Lipinski definition) is 4. The van der Waals surface area contributed by atoms with Gasteiger partial charge in [0.15, 0.2) is 0 Å². The molecule has 39 heavy (non-hydrogen) atoms. The molecular weight excluding hydrogens is 576 g/mol. The molecule has 1 aromatic heterocycles. The lowest BCUT2D eigenvalue weighted by molar-refractivity contribution is -0.121. The summed E-state index contributed by atoms with van der Waals surface area (Å²) in [4.78, 5) is 13.0. The quantitative estimate of drug-likeness (QED) is 0.193. The molecule has 0 saturated carbocycles. The van der Waals surface area contributed by atoms with Crippen LogP contribution in [0.5, 0.6) is 0 Å². The van der Waals surface area contributed by atoms with E-state index in [2.05, 4.69) is 63.1 Å². The lowest BCUT2D eigenvalue weighted by atomic mass is 10.1. The average Bonchev–Trinajstić information content (AvgIpc) is 3.18. The number of nitrogens with one attached hydrogen (secondary N) is 1. The number of aromatic nitrogens is 1. The number of halogens is 1. The lowest BCUT2D eigenvalue weighted by Crippen LogP contribution is -2.39. The summed E-state index contributed by atoms with van der Waals surface area (Å²) in [7, 11) is -3.94. The summed E-state index contributed by atoms with van der Waals surface area (Å²) in [5.41, 5.74) is 9.60. The number of carbonyl (C=O) groups excluding carboxylic acids is 1. The van der Waals surface area contributed by atoms with Crippen molar-refractivity contribution in [2.45, 2.75) is 39.1 Å². The Kier molecular flexibility index (Phi) is 8.84. The second-order valence-electron chi connectivity index (χ2n) is 9.46. The van der Waals surface area contributed by atoms with Crippen molar-refractivity contribution in [3.05, 3.63) is 117 Å². The maximum Gasteiger partial charge on any atom is 0.255 e. The van der Waals surface area contributed by atoms with Crippen molar-refractivity contribution in [3.8, 4) is 5.69 Å². The van der Waals surface area contributed by atoms with E-state index in [4.69, 9.17) is 0 Å². The van der Waals surface area contributed by atoms with Crippen LogP contribution in [-0.4, -0.2) is 36.0 Å². The average molecular weight is 608 g/mol. The molecule has 0 bridgehead atoms. The van der Waals surface area contributed by atoms with E-state index >= 15 is 0 Å². The summed E-state index contributed by atoms with van der Waals surface area (Å²) >= 11 is 3.33. The Bertz CT molecular complexity index is 1610. The molecule has 202 valence electrons. The highest BCUT2D eigenvalue weighted by molar-refractivity contribution is 9.10. The van der Waals surface area contributed by atoms with Crippen molar-refractivity contribution in [2.24, 2.45) is 5.10 Å². The Hall–Kier alpha value is -3.53. The fourth-order valence-electron chi connectivity index (χ4n) is 4.39. The summed E-state index contributed by atoms with van der Waals surface area (Å²) in [5, 5.41) is 4.15. The van der Waals surface area contributed by atoms with Gasteiger partial charge >= 0.3 is 0 Å². The van der Waals surface area contributed by atoms with E-state index in [9.17, 15) is 13.2 Å². The smallest absolute Gasteiger partial charge is 0.255 e. The molecule has 0 aliphatic carbocycles. The Morgan fingerprint density at radius 1 is 0.974 bits per heavy atom. The van der Waals surface area contributed by atoms with Gasteiger partial charge in [0.05, 0.1) is 17.7 Å². The molecule has 0 aliphatic heterocycles. The third-order valence-electron chi connectivity index (χ3n) is 6.44. The zero-order valence-electron chi connectivity index (χ0n) is 22.3. The number of aryl methyl sites for hydroxylation is 3. The summed E-state index contributed by atoms with van der Waals surface area (Å²) in [5.74, 6) is -0.536. The summed E-state index contributed by atoms with van der Waals surface area (Å²) < 4.78 is 31.0. The predicted octanol–water partition coefficient (Wildman–Crippen LogP) is 5.81. The fourth-order valence-corrected chi connectivity index (χ4v) is 6.04. The van der Waals surface area contributed by atoms with Crippen LogP contribution in [0.2, 0.25) is 0 Å². The Balaban J connectivity index is 1.53. The SMILES string of the molecule is Cc1ccc(C)c(-n2c(C)cc(/C=N/NC(=O)CN(Cc3ccccc3)S(=O)(=O)c3ccc(Br)cc3)c2C)c1. The van der Waals surface area contributed by atoms with Crippen molar-refractivity contribution in [1.82, 2.24) is 14.3 Å². The van der Waals surface area contributed by atoms with Crippen LogP contribution >= 0.6 is 15.9 Å². The molecule has 1 N–H and O–H groups in total. The second kappa shape index (κ2) is 12.1. The number of sulfonamides is 1. The number of hydrogen-bond donors (Lipinski definition) is 1. The van der Waals surface area contributed by atoms with Gasteiger partial charge in [-0.1, -0.05) is 58.4 Å². The van der Waals surface area contributed by atoms with Crippen LogP contribution in [0.15, 0.2) is 93.3 Å². The van der Waals surface area contributed by atoms with Crippen molar-refractivity contribution >= 4 is 38.1 Å². The van der Waals surface area contributed by atoms with Gasteiger partial charge in [-0.15, -0.1) is 0 Å². The van der Waals surface area contributed by atoms with Crippen molar-refractivity contribution in [2.75, 3.05) is 6.54 Å². The minimum atomic E-state index is -3.94. The largest absolute Gasteiger partial charge is 0.318 e. The lowest BCUT2D eigenvalue weighted by Gasteiger charge is -2.21. The van der Waals surface area contributed by atoms with E-state index < -0.39 is 15.9 Å². The van der Waals surface area contributed by atoms with Gasteiger partial charge < -0.3 is 4.57 Å². The molecule has 4 aromatic rings. The molecule has 0 fully saturated rings. The first-order chi connectivity index (χ1) is 18.6. The molecule has 1 amide bonds. The monoisotopic (exact) mass is 606 g/mol. The van der Waals surface area contributed by atoms with E-state index in [-0.39, 0.29) is 18.0 Å². The molecule has 0 unspecified atom stereocenters. The molecule has 0 atom stereocenters. The van der Waals surface area contributed by atoms with E-state index in [1.807, 2.05) is 50.2 Å². The highest BCUT2D eigenvalue weighted by Crippen LogP contribution is 2.24. The first-order valence-electron chi connectivity index (χ1n) is 12.4. The van der Waals surface area contributed by atoms with Crippen LogP contribution in [0.25, 0.3) is 5.69 Å². The van der Waals surface area contributed by atoms with Gasteiger partial charge in [-0.2, -0.15) is 9.41 Å². The zero-order chi connectivity index (χ0) is 28.2. The van der Waals surface area contributed by atoms with Gasteiger partial charge in [0.25, 0.3) is 5.91 Å². The normalized spacial score (nSPS) is 11.8. The maximum absolute atomic E-state index is 13.4. The molecule has 3 aromatic carbocycles. The number of rotatable bonds is 9. The predicted molar refractivity (Wildman–Crippen MR) is 159 cm³/mol. The standard InChI is InChI=1S/C30H31BrN4O3S/c1-21-10-11-22(2)29(16-21)35-23(3)17-26(24(35)4)18-32-33-30(36)20-34(19-25-8-6-5-7-9-25)39(37,38)28-14-12-27(31)13-15-28/h5-18H,19-20H2,1-4H3,(H,33,36)/b32-18+. The van der Waals surface area contributed by atoms with Gasteiger partial charge in [0, 0.05) is 33.7 Å². The fraction of sp³-hybridized carbons (Fsp3) is 0.200. The van der Waals surface area contributed by atoms with Crippen LogP contribution < -0.4 is 5.43 Å². The Labute approximate surface area is 238 Å². The summed E-state index contributed by atoms with van der Waals surface area (Å²) in [6.07, 6.45) is 1.59.